The number of nitrogens with one attached hydrogen (secondary N) is 10. The van der Waals surface area contributed by atoms with E-state index in [-0.39, 0.29) is 104 Å². The van der Waals surface area contributed by atoms with E-state index < -0.39 is 139 Å². The van der Waals surface area contributed by atoms with Crippen LogP contribution in [0.15, 0.2) is 108 Å². The lowest BCUT2D eigenvalue weighted by atomic mass is 9.47. The van der Waals surface area contributed by atoms with Crippen LogP contribution in [0.2, 0.25) is 0 Å². The van der Waals surface area contributed by atoms with E-state index >= 15 is 24.0 Å². The Morgan fingerprint density at radius 1 is 0.672 bits per heavy atom. The summed E-state index contributed by atoms with van der Waals surface area (Å²) in [5.41, 5.74) is 3.86. The van der Waals surface area contributed by atoms with Crippen molar-refractivity contribution < 1.29 is 72.8 Å². The highest BCUT2D eigenvalue weighted by Crippen LogP contribution is 2.67. The van der Waals surface area contributed by atoms with Crippen molar-refractivity contribution in [1.29, 1.82) is 0 Å². The Labute approximate surface area is 746 Å². The van der Waals surface area contributed by atoms with Gasteiger partial charge in [-0.3, -0.25) is 53.3 Å². The van der Waals surface area contributed by atoms with Gasteiger partial charge in [0.15, 0.2) is 5.78 Å². The van der Waals surface area contributed by atoms with E-state index in [0.29, 0.717) is 73.6 Å². The first-order chi connectivity index (χ1) is 60.0. The Morgan fingerprint density at radius 2 is 1.37 bits per heavy atom. The lowest BCUT2D eigenvalue weighted by molar-refractivity contribution is -0.149. The van der Waals surface area contributed by atoms with Gasteiger partial charge in [0.25, 0.3) is 0 Å². The number of Topliss-reactive ketones (excluding diaryl/α,β-unsaturated/α-hetero) is 1. The minimum Gasteiger partial charge on any atom is -0.446 e. The van der Waals surface area contributed by atoms with Crippen LogP contribution >= 0.6 is 21.6 Å². The molecule has 2 aromatic carbocycles. The molecule has 5 heterocycles. The number of ether oxygens (including phenoxy) is 1. The number of ketones is 1. The zero-order valence-electron chi connectivity index (χ0n) is 74.5. The average Bonchev–Trinajstić information content (AvgIpc) is 1.64. The summed E-state index contributed by atoms with van der Waals surface area (Å²) in [6, 6.07) is 4.41. The Balaban J connectivity index is 0.768. The lowest BCUT2D eigenvalue weighted by Crippen LogP contribution is -2.61. The Hall–Kier alpha value is -8.13. The van der Waals surface area contributed by atoms with Gasteiger partial charge < -0.3 is 82.6 Å². The smallest absolute Gasteiger partial charge is 0.407 e. The van der Waals surface area contributed by atoms with Crippen molar-refractivity contribution in [3.05, 3.63) is 120 Å². The SMILES string of the molecule is CC(C)CCCC(C)C1CCC2C3CC=C4C[C@@H](OC(=O)NCCCCC5NCC(=O)C(CC6=CNC7C=CC=CC67)NC(=O)C(Cc6ccccc6)NC(=O)C(NC(=O)C(Cc6ccccc6)NC(=O)C6CCCN6C(=O)C6CCCN6C(=O)C6CCCN(C)C6)CSSCC(C(=O)NC(CO)C(C)O)NC(=O)C(C(C)O)NC5=O)CCC4(C)C3CCC12C. The van der Waals surface area contributed by atoms with Crippen molar-refractivity contribution in [2.24, 2.45) is 58.2 Å². The van der Waals surface area contributed by atoms with E-state index in [1.165, 1.54) is 69.3 Å². The topological polar surface area (TPSA) is 388 Å². The molecule has 4 saturated heterocycles. The van der Waals surface area contributed by atoms with Crippen LogP contribution in [-0.4, -0.2) is 244 Å². The molecule has 30 heteroatoms. The van der Waals surface area contributed by atoms with Crippen LogP contribution in [-0.2, 0) is 65.5 Å². The highest BCUT2D eigenvalue weighted by atomic mass is 33.1. The zero-order chi connectivity index (χ0) is 89.2. The van der Waals surface area contributed by atoms with Crippen LogP contribution in [0.25, 0.3) is 0 Å². The van der Waals surface area contributed by atoms with Gasteiger partial charge in [-0.25, -0.2) is 4.79 Å². The number of aliphatic hydroxyl groups excluding tert-OH is 3. The number of allylic oxidation sites excluding steroid dienone is 3. The van der Waals surface area contributed by atoms with Gasteiger partial charge in [-0.15, -0.1) is 0 Å². The van der Waals surface area contributed by atoms with Crippen molar-refractivity contribution in [2.75, 3.05) is 64.4 Å². The molecule has 10 amide bonds. The summed E-state index contributed by atoms with van der Waals surface area (Å²) in [5.74, 6) is -3.61. The monoisotopic (exact) mass is 1770 g/mol. The fourth-order valence-corrected chi connectivity index (χ4v) is 24.4. The van der Waals surface area contributed by atoms with Crippen molar-refractivity contribution in [1.82, 2.24) is 67.9 Å². The molecule has 5 aliphatic heterocycles. The molecule has 3 saturated carbocycles. The highest BCUT2D eigenvalue weighted by Gasteiger charge is 2.60. The van der Waals surface area contributed by atoms with Crippen LogP contribution in [0.3, 0.4) is 0 Å². The summed E-state index contributed by atoms with van der Waals surface area (Å²) in [7, 11) is 3.93. The van der Waals surface area contributed by atoms with E-state index in [4.69, 9.17) is 4.74 Å². The number of carbonyl (C=O) groups excluding carboxylic acids is 11. The molecular formula is C95H139N13O15S2. The van der Waals surface area contributed by atoms with Gasteiger partial charge in [-0.1, -0.05) is 172 Å². The van der Waals surface area contributed by atoms with E-state index in [0.717, 1.165) is 89.5 Å². The summed E-state index contributed by atoms with van der Waals surface area (Å²) in [6.07, 6.45) is 24.7. The summed E-state index contributed by atoms with van der Waals surface area (Å²) in [4.78, 5) is 169. The molecule has 28 nitrogen and oxygen atoms in total. The molecule has 10 aliphatic rings. The zero-order valence-corrected chi connectivity index (χ0v) is 76.1. The number of hydrogen-bond donors (Lipinski definition) is 13. The largest absolute Gasteiger partial charge is 0.446 e. The summed E-state index contributed by atoms with van der Waals surface area (Å²) >= 11 is 0. The number of carbonyl (C=O) groups is 11. The van der Waals surface area contributed by atoms with Gasteiger partial charge in [-0.05, 0) is 206 Å². The van der Waals surface area contributed by atoms with Gasteiger partial charge >= 0.3 is 6.09 Å². The molecule has 12 rings (SSSR count). The molecule has 0 aromatic heterocycles. The lowest BCUT2D eigenvalue weighted by Gasteiger charge is -2.58. The van der Waals surface area contributed by atoms with Crippen LogP contribution in [0.4, 0.5) is 4.79 Å². The normalized spacial score (nSPS) is 31.9. The number of rotatable bonds is 28. The van der Waals surface area contributed by atoms with E-state index in [1.54, 1.807) is 71.8 Å². The number of piperidine rings is 1. The fraction of sp³-hybridized carbons (Fsp3) is 0.674. The number of unbranched alkanes of at least 4 members (excludes halogenated alkanes) is 1. The van der Waals surface area contributed by atoms with Crippen LogP contribution < -0.4 is 53.2 Å². The van der Waals surface area contributed by atoms with Gasteiger partial charge in [0.1, 0.15) is 48.4 Å². The highest BCUT2D eigenvalue weighted by molar-refractivity contribution is 8.76. The molecule has 22 unspecified atom stereocenters. The second-order valence-electron chi connectivity index (χ2n) is 38.3. The Bertz CT molecular complexity index is 4210. The number of aliphatic hydroxyl groups is 3. The van der Waals surface area contributed by atoms with Crippen molar-refractivity contribution in [2.45, 2.75) is 281 Å². The molecule has 2 aromatic rings. The van der Waals surface area contributed by atoms with Gasteiger partial charge in [0, 0.05) is 62.9 Å². The van der Waals surface area contributed by atoms with Gasteiger partial charge in [0.05, 0.1) is 55.4 Å². The molecule has 125 heavy (non-hydrogen) atoms. The van der Waals surface area contributed by atoms with Gasteiger partial charge in [0.2, 0.25) is 53.2 Å². The number of benzene rings is 2. The van der Waals surface area contributed by atoms with Crippen molar-refractivity contribution >= 4 is 86.6 Å². The molecular weight excluding hydrogens is 1630 g/mol. The second kappa shape index (κ2) is 44.7. The maximum atomic E-state index is 15.6. The molecule has 5 aliphatic carbocycles. The van der Waals surface area contributed by atoms with Crippen molar-refractivity contribution in [3.8, 4) is 0 Å². The number of likely N-dealkylation sites (tertiary alicyclic amines) is 3. The minimum absolute atomic E-state index is 0.0257. The number of hydrogen-bond acceptors (Lipinski definition) is 20. The quantitative estimate of drug-likeness (QED) is 0.0228. The molecule has 0 spiro atoms. The fourth-order valence-electron chi connectivity index (χ4n) is 22.1. The standard InChI is InChI=1S/C95H139N13O15S2/c1-57(2)23-19-24-58(3)69-37-38-70-68-36-35-65-50-66(39-41-94(65,6)71(68)40-42-95(69,70)7)123-93(122)96-43-18-17-32-73-84(113)105-83(60(5)111)90(119)104-79(88(117)102-77(54-109)59(4)110)56-125-124-55-78(87(116)100-75(47-61-25-11-9-12-26-61)85(114)99-74(82(112)52-98-73)49-64-51-97-72-31-16-15-30-67(64)72)103-86(115)76(48-62-27-13-10-14-28-62)101-89(118)80-33-21-45-107(80)92(121)81-34-22-46-108(81)91(120)63-29-20-44-106(8)53-63/h9-16,25-28,30-31,35,51,57-60,63,66-81,83,97-98,109-111H,17-24,29,32-34,36-50,52-56H2,1-8H3,(H,96,122)(H,99,114)(H,100,116)(H,101,118)(H,102,117)(H,103,115)(H,104,119)(H,105,113)/t58?,59?,60?,63?,66-,67?,68?,69?,70?,71?,72?,73?,74?,75?,76?,77?,78?,79?,80?,81?,83?,94?,95?/m0/s1. The summed E-state index contributed by atoms with van der Waals surface area (Å²) in [5, 5.41) is 61.5. The molecule has 686 valence electrons. The first-order valence-corrected chi connectivity index (χ1v) is 48.9. The molecule has 0 bridgehead atoms. The van der Waals surface area contributed by atoms with Crippen LogP contribution in [0.5, 0.6) is 0 Å². The summed E-state index contributed by atoms with van der Waals surface area (Å²) in [6.45, 7) is 15.9. The molecule has 23 atom stereocenters. The minimum atomic E-state index is -1.74. The molecule has 0 radical (unpaired) electrons. The van der Waals surface area contributed by atoms with E-state index in [9.17, 15) is 44.1 Å². The summed E-state index contributed by atoms with van der Waals surface area (Å²) < 4.78 is 6.18. The maximum absolute atomic E-state index is 15.6. The predicted octanol–water partition coefficient (Wildman–Crippen LogP) is 7.16. The third-order valence-electron chi connectivity index (χ3n) is 29.2. The number of nitrogens with zero attached hydrogens (tertiary/aromatic N) is 3. The Morgan fingerprint density at radius 3 is 2.09 bits per heavy atom. The molecule has 7 fully saturated rings. The Kier molecular flexibility index (Phi) is 34.3. The van der Waals surface area contributed by atoms with Crippen molar-refractivity contribution in [3.63, 3.8) is 0 Å². The number of fused-ring (bicyclic) bond motifs is 6. The maximum Gasteiger partial charge on any atom is 0.407 e. The van der Waals surface area contributed by atoms with Crippen LogP contribution in [0.1, 0.15) is 194 Å². The van der Waals surface area contributed by atoms with E-state index in [2.05, 4.69) is 98.8 Å². The predicted molar refractivity (Wildman–Crippen MR) is 482 cm³/mol. The first kappa shape index (κ1) is 96.0. The number of amides is 10. The third kappa shape index (κ3) is 24.5. The van der Waals surface area contributed by atoms with Gasteiger partial charge in [-0.2, -0.15) is 0 Å². The van der Waals surface area contributed by atoms with Crippen LogP contribution in [0, 0.1) is 58.2 Å². The third-order valence-corrected chi connectivity index (χ3v) is 31.6. The first-order valence-electron chi connectivity index (χ1n) is 46.4. The molecule has 13 N–H and O–H groups in total. The average molecular weight is 1770 g/mol. The van der Waals surface area contributed by atoms with E-state index in [1.807, 2.05) is 31.4 Å². The number of alkyl carbamates (subject to hydrolysis) is 1. The second-order valence-corrected chi connectivity index (χ2v) is 40.8.